The van der Waals surface area contributed by atoms with Gasteiger partial charge < -0.3 is 10.2 Å². The number of nitrogen functional groups attached to an aromatic ring is 1. The number of nitrogens with one attached hydrogen (secondary N) is 1. The number of thioether (sulfide) groups is 1. The molecule has 0 radical (unpaired) electrons. The molecule has 1 aromatic carbocycles. The smallest absolute Gasteiger partial charge is 0.273 e. The van der Waals surface area contributed by atoms with Gasteiger partial charge >= 0.3 is 0 Å². The minimum Gasteiger partial charge on any atom is -0.437 e. The molecule has 10 heteroatoms. The second-order valence-corrected chi connectivity index (χ2v) is 4.88. The highest BCUT2D eigenvalue weighted by atomic mass is 35.5. The molecule has 2 rings (SSSR count). The molecular formula is C11H10ClN5O3S. The summed E-state index contributed by atoms with van der Waals surface area (Å²) in [4.78, 5) is 18.4. The maximum Gasteiger partial charge on any atom is 0.273 e. The third kappa shape index (κ3) is 3.72. The van der Waals surface area contributed by atoms with Gasteiger partial charge in [-0.25, -0.2) is 10.8 Å². The number of anilines is 1. The monoisotopic (exact) mass is 327 g/mol. The average molecular weight is 328 g/mol. The quantitative estimate of drug-likeness (QED) is 0.283. The minimum absolute atomic E-state index is 0.125. The standard InChI is InChI=1S/C11H10ClN5O3S/c1-21-11-14-9(16-13)5-10(15-11)20-8-4-6(17(18)19)2-3-7(8)12/h2-5H,13H2,1H3,(H,14,15,16). The van der Waals surface area contributed by atoms with Gasteiger partial charge in [0.2, 0.25) is 5.88 Å². The first-order valence-corrected chi connectivity index (χ1v) is 7.15. The summed E-state index contributed by atoms with van der Waals surface area (Å²) in [7, 11) is 0. The maximum absolute atomic E-state index is 10.8. The summed E-state index contributed by atoms with van der Waals surface area (Å²) < 4.78 is 5.49. The molecule has 1 heterocycles. The van der Waals surface area contributed by atoms with Crippen LogP contribution < -0.4 is 16.0 Å². The highest BCUT2D eigenvalue weighted by Gasteiger charge is 2.13. The van der Waals surface area contributed by atoms with E-state index in [0.29, 0.717) is 11.0 Å². The summed E-state index contributed by atoms with van der Waals surface area (Å²) in [6.45, 7) is 0. The number of hydrogen-bond acceptors (Lipinski definition) is 8. The largest absolute Gasteiger partial charge is 0.437 e. The number of nitro groups is 1. The molecule has 110 valence electrons. The van der Waals surface area contributed by atoms with E-state index in [1.807, 2.05) is 0 Å². The van der Waals surface area contributed by atoms with Gasteiger partial charge in [0.15, 0.2) is 10.9 Å². The van der Waals surface area contributed by atoms with Crippen LogP contribution >= 0.6 is 23.4 Å². The number of rotatable bonds is 5. The van der Waals surface area contributed by atoms with Crippen LogP contribution in [0.1, 0.15) is 0 Å². The fraction of sp³-hybridized carbons (Fsp3) is 0.0909. The number of nitrogens with two attached hydrogens (primary N) is 1. The molecule has 0 saturated heterocycles. The number of benzene rings is 1. The Morgan fingerprint density at radius 2 is 2.19 bits per heavy atom. The Labute approximate surface area is 128 Å². The van der Waals surface area contributed by atoms with Crippen LogP contribution in [0.4, 0.5) is 11.5 Å². The van der Waals surface area contributed by atoms with Gasteiger partial charge in [0.1, 0.15) is 5.82 Å². The first kappa shape index (κ1) is 15.3. The molecule has 0 unspecified atom stereocenters. The Morgan fingerprint density at radius 3 is 2.81 bits per heavy atom. The van der Waals surface area contributed by atoms with E-state index in [2.05, 4.69) is 15.4 Å². The van der Waals surface area contributed by atoms with Gasteiger partial charge in [-0.05, 0) is 12.3 Å². The average Bonchev–Trinajstić information content (AvgIpc) is 2.48. The fourth-order valence-electron chi connectivity index (χ4n) is 1.42. The lowest BCUT2D eigenvalue weighted by molar-refractivity contribution is -0.384. The fourth-order valence-corrected chi connectivity index (χ4v) is 1.94. The number of nitrogens with zero attached hydrogens (tertiary/aromatic N) is 3. The Kier molecular flexibility index (Phi) is 4.78. The summed E-state index contributed by atoms with van der Waals surface area (Å²) in [6, 6.07) is 5.34. The van der Waals surface area contributed by atoms with Crippen LogP contribution in [0, 0.1) is 10.1 Å². The molecule has 8 nitrogen and oxygen atoms in total. The Morgan fingerprint density at radius 1 is 1.43 bits per heavy atom. The van der Waals surface area contributed by atoms with Gasteiger partial charge in [0, 0.05) is 12.1 Å². The zero-order valence-corrected chi connectivity index (χ0v) is 12.3. The molecule has 0 bridgehead atoms. The molecule has 0 saturated carbocycles. The molecule has 21 heavy (non-hydrogen) atoms. The number of aromatic nitrogens is 2. The highest BCUT2D eigenvalue weighted by molar-refractivity contribution is 7.98. The minimum atomic E-state index is -0.538. The van der Waals surface area contributed by atoms with E-state index in [4.69, 9.17) is 22.2 Å². The summed E-state index contributed by atoms with van der Waals surface area (Å²) in [6.07, 6.45) is 1.79. The summed E-state index contributed by atoms with van der Waals surface area (Å²) in [5, 5.41) is 11.4. The predicted octanol–water partition coefficient (Wildman–Crippen LogP) is 2.84. The van der Waals surface area contributed by atoms with Crippen molar-refractivity contribution in [3.05, 3.63) is 39.4 Å². The van der Waals surface area contributed by atoms with Gasteiger partial charge in [-0.3, -0.25) is 10.1 Å². The van der Waals surface area contributed by atoms with Crippen molar-refractivity contribution in [1.29, 1.82) is 0 Å². The van der Waals surface area contributed by atoms with Crippen LogP contribution in [0.25, 0.3) is 0 Å². The lowest BCUT2D eigenvalue weighted by Crippen LogP contribution is -2.09. The van der Waals surface area contributed by atoms with Gasteiger partial charge in [0.05, 0.1) is 16.0 Å². The number of ether oxygens (including phenoxy) is 1. The molecule has 0 atom stereocenters. The molecule has 3 N–H and O–H groups in total. The second kappa shape index (κ2) is 6.57. The maximum atomic E-state index is 10.8. The predicted molar refractivity (Wildman–Crippen MR) is 79.8 cm³/mol. The molecule has 0 aliphatic carbocycles. The first-order chi connectivity index (χ1) is 10.0. The van der Waals surface area contributed by atoms with E-state index >= 15 is 0 Å². The summed E-state index contributed by atoms with van der Waals surface area (Å²) in [5.74, 6) is 5.96. The van der Waals surface area contributed by atoms with Crippen LogP contribution in [0.3, 0.4) is 0 Å². The number of halogens is 1. The first-order valence-electron chi connectivity index (χ1n) is 5.55. The normalized spacial score (nSPS) is 10.2. The van der Waals surface area contributed by atoms with Crippen molar-refractivity contribution in [3.8, 4) is 11.6 Å². The Bertz CT molecular complexity index is 663. The van der Waals surface area contributed by atoms with Crippen molar-refractivity contribution in [2.24, 2.45) is 5.84 Å². The molecule has 2 aromatic rings. The van der Waals surface area contributed by atoms with Crippen molar-refractivity contribution in [2.45, 2.75) is 5.16 Å². The lowest BCUT2D eigenvalue weighted by Gasteiger charge is -2.09. The van der Waals surface area contributed by atoms with Crippen molar-refractivity contribution < 1.29 is 9.66 Å². The second-order valence-electron chi connectivity index (χ2n) is 3.70. The molecule has 0 aliphatic rings. The zero-order valence-electron chi connectivity index (χ0n) is 10.7. The molecule has 1 aromatic heterocycles. The number of hydrogen-bond donors (Lipinski definition) is 2. The summed E-state index contributed by atoms with van der Waals surface area (Å²) >= 11 is 7.26. The van der Waals surface area contributed by atoms with Crippen molar-refractivity contribution >= 4 is 34.9 Å². The Balaban J connectivity index is 2.37. The topological polar surface area (TPSA) is 116 Å². The Hall–Kier alpha value is -2.10. The van der Waals surface area contributed by atoms with Crippen LogP contribution in [-0.4, -0.2) is 21.1 Å². The van der Waals surface area contributed by atoms with Gasteiger partial charge in [-0.1, -0.05) is 23.4 Å². The van der Waals surface area contributed by atoms with Crippen LogP contribution in [0.15, 0.2) is 29.4 Å². The third-order valence-corrected chi connectivity index (χ3v) is 3.21. The van der Waals surface area contributed by atoms with E-state index in [-0.39, 0.29) is 22.3 Å². The van der Waals surface area contributed by atoms with E-state index in [1.54, 1.807) is 6.26 Å². The highest BCUT2D eigenvalue weighted by Crippen LogP contribution is 2.33. The van der Waals surface area contributed by atoms with Crippen LogP contribution in [0.2, 0.25) is 5.02 Å². The van der Waals surface area contributed by atoms with Gasteiger partial charge in [-0.15, -0.1) is 0 Å². The van der Waals surface area contributed by atoms with Crippen molar-refractivity contribution in [2.75, 3.05) is 11.7 Å². The van der Waals surface area contributed by atoms with Crippen molar-refractivity contribution in [1.82, 2.24) is 9.97 Å². The molecule has 0 fully saturated rings. The van der Waals surface area contributed by atoms with Gasteiger partial charge in [0.25, 0.3) is 5.69 Å². The van der Waals surface area contributed by atoms with Gasteiger partial charge in [-0.2, -0.15) is 4.98 Å². The van der Waals surface area contributed by atoms with Crippen molar-refractivity contribution in [3.63, 3.8) is 0 Å². The number of hydrazine groups is 1. The summed E-state index contributed by atoms with van der Waals surface area (Å²) in [5.41, 5.74) is 2.25. The zero-order chi connectivity index (χ0) is 15.4. The lowest BCUT2D eigenvalue weighted by atomic mass is 10.3. The molecule has 0 amide bonds. The van der Waals surface area contributed by atoms with E-state index in [1.165, 1.54) is 36.0 Å². The third-order valence-electron chi connectivity index (χ3n) is 2.35. The SMILES string of the molecule is CSc1nc(NN)cc(Oc2cc([N+](=O)[O-])ccc2Cl)n1. The number of non-ortho nitro benzene ring substituents is 1. The number of nitro benzene ring substituents is 1. The molecular weight excluding hydrogens is 318 g/mol. The van der Waals surface area contributed by atoms with Crippen LogP contribution in [0.5, 0.6) is 11.6 Å². The van der Waals surface area contributed by atoms with Crippen LogP contribution in [-0.2, 0) is 0 Å². The molecule has 0 aliphatic heterocycles. The van der Waals surface area contributed by atoms with E-state index in [9.17, 15) is 10.1 Å². The van der Waals surface area contributed by atoms with E-state index < -0.39 is 4.92 Å². The van der Waals surface area contributed by atoms with E-state index in [0.717, 1.165) is 0 Å². The molecule has 0 spiro atoms.